The van der Waals surface area contributed by atoms with Crippen LogP contribution in [-0.4, -0.2) is 23.0 Å². The molecule has 0 radical (unpaired) electrons. The standard InChI is InChI=1S/C12H15N7O2/c1-21-8-4-2-7(3-5-8)12(20)19-18-11-9(13)10(17-14)15-6-16-11/h2-6H,13-14H2,1H3,(H,19,20)(H2,15,16,17,18). The summed E-state index contributed by atoms with van der Waals surface area (Å²) in [4.78, 5) is 19.7. The lowest BCUT2D eigenvalue weighted by atomic mass is 10.2. The van der Waals surface area contributed by atoms with Crippen molar-refractivity contribution in [2.75, 3.05) is 23.7 Å². The summed E-state index contributed by atoms with van der Waals surface area (Å²) >= 11 is 0. The first-order valence-corrected chi connectivity index (χ1v) is 5.93. The second-order valence-corrected chi connectivity index (χ2v) is 3.94. The van der Waals surface area contributed by atoms with E-state index in [9.17, 15) is 4.79 Å². The van der Waals surface area contributed by atoms with E-state index in [1.54, 1.807) is 31.4 Å². The fourth-order valence-electron chi connectivity index (χ4n) is 1.54. The zero-order valence-corrected chi connectivity index (χ0v) is 11.3. The van der Waals surface area contributed by atoms with Crippen molar-refractivity contribution in [3.05, 3.63) is 36.2 Å². The minimum Gasteiger partial charge on any atom is -0.497 e. The molecular formula is C12H15N7O2. The summed E-state index contributed by atoms with van der Waals surface area (Å²) in [7, 11) is 1.55. The molecule has 2 rings (SSSR count). The summed E-state index contributed by atoms with van der Waals surface area (Å²) < 4.78 is 5.02. The van der Waals surface area contributed by atoms with Gasteiger partial charge in [0.2, 0.25) is 0 Å². The maximum Gasteiger partial charge on any atom is 0.269 e. The van der Waals surface area contributed by atoms with E-state index in [1.807, 2.05) is 0 Å². The summed E-state index contributed by atoms with van der Waals surface area (Å²) in [5.74, 6) is 6.05. The first-order chi connectivity index (χ1) is 10.2. The fraction of sp³-hybridized carbons (Fsp3) is 0.0833. The number of carbonyl (C=O) groups is 1. The Hall–Kier alpha value is -3.07. The number of methoxy groups -OCH3 is 1. The van der Waals surface area contributed by atoms with Crippen LogP contribution in [-0.2, 0) is 0 Å². The molecule has 0 aliphatic rings. The van der Waals surface area contributed by atoms with Crippen LogP contribution in [0.15, 0.2) is 30.6 Å². The Labute approximate surface area is 120 Å². The first kappa shape index (κ1) is 14.3. The number of hydrogen-bond acceptors (Lipinski definition) is 8. The normalized spacial score (nSPS) is 9.81. The monoisotopic (exact) mass is 289 g/mol. The molecule has 0 saturated heterocycles. The van der Waals surface area contributed by atoms with Crippen LogP contribution in [0.2, 0.25) is 0 Å². The Morgan fingerprint density at radius 1 is 1.19 bits per heavy atom. The van der Waals surface area contributed by atoms with Crippen LogP contribution in [0.3, 0.4) is 0 Å². The Bertz CT molecular complexity index is 630. The molecule has 0 spiro atoms. The number of benzene rings is 1. The molecule has 0 bridgehead atoms. The molecule has 1 heterocycles. The molecular weight excluding hydrogens is 274 g/mol. The van der Waals surface area contributed by atoms with Crippen molar-refractivity contribution in [1.29, 1.82) is 0 Å². The fourth-order valence-corrected chi connectivity index (χ4v) is 1.54. The minimum absolute atomic E-state index is 0.190. The Morgan fingerprint density at radius 2 is 1.86 bits per heavy atom. The lowest BCUT2D eigenvalue weighted by Crippen LogP contribution is -2.30. The van der Waals surface area contributed by atoms with Crippen LogP contribution in [0.4, 0.5) is 17.3 Å². The highest BCUT2D eigenvalue weighted by Gasteiger charge is 2.09. The van der Waals surface area contributed by atoms with E-state index < -0.39 is 0 Å². The summed E-state index contributed by atoms with van der Waals surface area (Å²) in [5.41, 5.74) is 13.8. The summed E-state index contributed by atoms with van der Waals surface area (Å²) in [6.45, 7) is 0. The van der Waals surface area contributed by atoms with E-state index in [-0.39, 0.29) is 23.2 Å². The minimum atomic E-state index is -0.349. The number of nitrogen functional groups attached to an aromatic ring is 2. The molecule has 0 saturated carbocycles. The molecule has 1 aromatic carbocycles. The number of anilines is 3. The Kier molecular flexibility index (Phi) is 4.36. The van der Waals surface area contributed by atoms with Crippen LogP contribution in [0.25, 0.3) is 0 Å². The number of amides is 1. The average molecular weight is 289 g/mol. The van der Waals surface area contributed by atoms with Crippen molar-refractivity contribution in [2.45, 2.75) is 0 Å². The number of hydrogen-bond donors (Lipinski definition) is 5. The van der Waals surface area contributed by atoms with Crippen molar-refractivity contribution in [2.24, 2.45) is 5.84 Å². The molecule has 9 heteroatoms. The Balaban J connectivity index is 2.03. The van der Waals surface area contributed by atoms with Gasteiger partial charge in [-0.2, -0.15) is 0 Å². The van der Waals surface area contributed by atoms with Gasteiger partial charge in [0.15, 0.2) is 11.6 Å². The van der Waals surface area contributed by atoms with E-state index in [0.29, 0.717) is 11.3 Å². The molecule has 1 amide bonds. The van der Waals surface area contributed by atoms with Gasteiger partial charge in [0.25, 0.3) is 5.91 Å². The molecule has 21 heavy (non-hydrogen) atoms. The predicted octanol–water partition coefficient (Wildman–Crippen LogP) is 0.110. The highest BCUT2D eigenvalue weighted by atomic mass is 16.5. The summed E-state index contributed by atoms with van der Waals surface area (Å²) in [6, 6.07) is 6.63. The third-order valence-electron chi connectivity index (χ3n) is 2.67. The maximum absolute atomic E-state index is 11.9. The first-order valence-electron chi connectivity index (χ1n) is 5.93. The molecule has 0 aliphatic carbocycles. The molecule has 1 aromatic heterocycles. The van der Waals surface area contributed by atoms with Gasteiger partial charge < -0.3 is 15.9 Å². The third-order valence-corrected chi connectivity index (χ3v) is 2.67. The van der Waals surface area contributed by atoms with Crippen molar-refractivity contribution in [3.8, 4) is 5.75 Å². The van der Waals surface area contributed by atoms with Gasteiger partial charge in [0, 0.05) is 5.56 Å². The van der Waals surface area contributed by atoms with Crippen molar-refractivity contribution >= 4 is 23.2 Å². The zero-order valence-electron chi connectivity index (χ0n) is 11.3. The van der Waals surface area contributed by atoms with Gasteiger partial charge in [0.05, 0.1) is 7.11 Å². The number of nitrogens with two attached hydrogens (primary N) is 2. The molecule has 0 fully saturated rings. The van der Waals surface area contributed by atoms with Gasteiger partial charge in [-0.3, -0.25) is 15.6 Å². The van der Waals surface area contributed by atoms with Crippen molar-refractivity contribution in [1.82, 2.24) is 15.4 Å². The number of ether oxygens (including phenoxy) is 1. The molecule has 9 nitrogen and oxygen atoms in total. The van der Waals surface area contributed by atoms with Crippen molar-refractivity contribution in [3.63, 3.8) is 0 Å². The quantitative estimate of drug-likeness (QED) is 0.386. The van der Waals surface area contributed by atoms with Crippen LogP contribution in [0, 0.1) is 0 Å². The maximum atomic E-state index is 11.9. The highest BCUT2D eigenvalue weighted by molar-refractivity contribution is 5.95. The lowest BCUT2D eigenvalue weighted by Gasteiger charge is -2.11. The third kappa shape index (κ3) is 3.28. The van der Waals surface area contributed by atoms with Gasteiger partial charge >= 0.3 is 0 Å². The number of nitrogens with one attached hydrogen (secondary N) is 3. The van der Waals surface area contributed by atoms with E-state index in [0.717, 1.165) is 0 Å². The van der Waals surface area contributed by atoms with Gasteiger partial charge in [0.1, 0.15) is 17.8 Å². The second kappa shape index (κ2) is 6.39. The SMILES string of the molecule is COc1ccc(C(=O)NNc2ncnc(NN)c2N)cc1. The van der Waals surface area contributed by atoms with Crippen molar-refractivity contribution < 1.29 is 9.53 Å². The number of rotatable bonds is 5. The highest BCUT2D eigenvalue weighted by Crippen LogP contribution is 2.20. The number of aromatic nitrogens is 2. The van der Waals surface area contributed by atoms with Crippen LogP contribution >= 0.6 is 0 Å². The molecule has 0 aliphatic heterocycles. The smallest absolute Gasteiger partial charge is 0.269 e. The van der Waals surface area contributed by atoms with Crippen LogP contribution in [0.5, 0.6) is 5.75 Å². The summed E-state index contributed by atoms with van der Waals surface area (Å²) in [5, 5.41) is 0. The molecule has 7 N–H and O–H groups in total. The Morgan fingerprint density at radius 3 is 2.48 bits per heavy atom. The van der Waals surface area contributed by atoms with Crippen LogP contribution < -0.4 is 32.6 Å². The zero-order chi connectivity index (χ0) is 15.2. The van der Waals surface area contributed by atoms with Gasteiger partial charge in [-0.15, -0.1) is 0 Å². The van der Waals surface area contributed by atoms with E-state index in [2.05, 4.69) is 26.2 Å². The van der Waals surface area contributed by atoms with Gasteiger partial charge in [-0.25, -0.2) is 15.8 Å². The average Bonchev–Trinajstić information content (AvgIpc) is 2.53. The number of carbonyl (C=O) groups excluding carboxylic acids is 1. The molecule has 2 aromatic rings. The summed E-state index contributed by atoms with van der Waals surface area (Å²) in [6.07, 6.45) is 1.26. The number of nitrogens with zero attached hydrogens (tertiary/aromatic N) is 2. The van der Waals surface area contributed by atoms with E-state index >= 15 is 0 Å². The predicted molar refractivity (Wildman–Crippen MR) is 78.3 cm³/mol. The molecule has 0 unspecified atom stereocenters. The van der Waals surface area contributed by atoms with Gasteiger partial charge in [-0.1, -0.05) is 0 Å². The van der Waals surface area contributed by atoms with Gasteiger partial charge in [-0.05, 0) is 24.3 Å². The molecule has 0 atom stereocenters. The second-order valence-electron chi connectivity index (χ2n) is 3.94. The van der Waals surface area contributed by atoms with E-state index in [1.165, 1.54) is 6.33 Å². The largest absolute Gasteiger partial charge is 0.497 e. The van der Waals surface area contributed by atoms with E-state index in [4.69, 9.17) is 16.3 Å². The molecule has 110 valence electrons. The lowest BCUT2D eigenvalue weighted by molar-refractivity contribution is 0.0962. The number of hydrazine groups is 2. The topological polar surface area (TPSA) is 140 Å². The van der Waals surface area contributed by atoms with Crippen LogP contribution in [0.1, 0.15) is 10.4 Å².